The van der Waals surface area contributed by atoms with Crippen LogP contribution in [0.25, 0.3) is 10.6 Å². The standard InChI is InChI=1S/C22H23ClN4O2S/c1-3-14(2)19(24-18(28)13-15-7-5-4-6-8-15)20(29)25-22-27-26-21(30-22)16-9-11-17(23)12-10-16/h4-12,14,19H,3,13H2,1-2H3,(H,24,28)(H,25,27,29). The van der Waals surface area contributed by atoms with Crippen LogP contribution in [0, 0.1) is 5.92 Å². The zero-order valence-corrected chi connectivity index (χ0v) is 18.3. The van der Waals surface area contributed by atoms with Crippen LogP contribution in [-0.2, 0) is 16.0 Å². The number of nitrogens with zero attached hydrogens (tertiary/aromatic N) is 2. The Balaban J connectivity index is 1.66. The summed E-state index contributed by atoms with van der Waals surface area (Å²) in [7, 11) is 0. The van der Waals surface area contributed by atoms with Crippen molar-refractivity contribution in [2.45, 2.75) is 32.7 Å². The van der Waals surface area contributed by atoms with Gasteiger partial charge in [-0.1, -0.05) is 85.7 Å². The van der Waals surface area contributed by atoms with Gasteiger partial charge < -0.3 is 5.32 Å². The summed E-state index contributed by atoms with van der Waals surface area (Å²) in [5, 5.41) is 15.6. The van der Waals surface area contributed by atoms with Crippen LogP contribution in [0.3, 0.4) is 0 Å². The third kappa shape index (κ3) is 5.87. The second-order valence-electron chi connectivity index (χ2n) is 7.00. The third-order valence-corrected chi connectivity index (χ3v) is 5.91. The van der Waals surface area contributed by atoms with E-state index in [-0.39, 0.29) is 24.2 Å². The highest BCUT2D eigenvalue weighted by Gasteiger charge is 2.27. The number of halogens is 1. The fourth-order valence-electron chi connectivity index (χ4n) is 2.87. The minimum Gasteiger partial charge on any atom is -0.344 e. The molecule has 156 valence electrons. The first-order valence-electron chi connectivity index (χ1n) is 9.70. The molecule has 2 amide bonds. The van der Waals surface area contributed by atoms with Crippen molar-refractivity contribution < 1.29 is 9.59 Å². The molecule has 6 nitrogen and oxygen atoms in total. The number of carbonyl (C=O) groups excluding carboxylic acids is 2. The summed E-state index contributed by atoms with van der Waals surface area (Å²) in [6.45, 7) is 3.92. The van der Waals surface area contributed by atoms with E-state index >= 15 is 0 Å². The minimum atomic E-state index is -0.658. The molecule has 0 saturated heterocycles. The Labute approximate surface area is 184 Å². The van der Waals surface area contributed by atoms with E-state index in [1.54, 1.807) is 12.1 Å². The van der Waals surface area contributed by atoms with Gasteiger partial charge in [-0.05, 0) is 23.6 Å². The molecule has 0 fully saturated rings. The van der Waals surface area contributed by atoms with Crippen molar-refractivity contribution in [3.63, 3.8) is 0 Å². The number of aromatic nitrogens is 2. The SMILES string of the molecule is CCC(C)C(NC(=O)Cc1ccccc1)C(=O)Nc1nnc(-c2ccc(Cl)cc2)s1. The molecule has 0 aliphatic heterocycles. The van der Waals surface area contributed by atoms with Crippen molar-refractivity contribution in [1.82, 2.24) is 15.5 Å². The fourth-order valence-corrected chi connectivity index (χ4v) is 3.75. The largest absolute Gasteiger partial charge is 0.344 e. The summed E-state index contributed by atoms with van der Waals surface area (Å²) >= 11 is 7.19. The summed E-state index contributed by atoms with van der Waals surface area (Å²) in [5.74, 6) is -0.529. The molecule has 0 radical (unpaired) electrons. The Morgan fingerprint density at radius 3 is 2.43 bits per heavy atom. The van der Waals surface area contributed by atoms with Crippen molar-refractivity contribution >= 4 is 39.9 Å². The van der Waals surface area contributed by atoms with Gasteiger partial charge in [0.1, 0.15) is 11.0 Å². The van der Waals surface area contributed by atoms with Gasteiger partial charge in [0.2, 0.25) is 16.9 Å². The van der Waals surface area contributed by atoms with Gasteiger partial charge in [0.05, 0.1) is 6.42 Å². The molecule has 0 aliphatic rings. The minimum absolute atomic E-state index is 0.0339. The highest BCUT2D eigenvalue weighted by atomic mass is 35.5. The predicted molar refractivity (Wildman–Crippen MR) is 121 cm³/mol. The summed E-state index contributed by atoms with van der Waals surface area (Å²) < 4.78 is 0. The van der Waals surface area contributed by atoms with E-state index in [2.05, 4.69) is 20.8 Å². The van der Waals surface area contributed by atoms with Gasteiger partial charge in [-0.2, -0.15) is 0 Å². The second-order valence-corrected chi connectivity index (χ2v) is 8.42. The number of hydrogen-bond acceptors (Lipinski definition) is 5. The van der Waals surface area contributed by atoms with E-state index in [1.807, 2.05) is 56.3 Å². The first-order chi connectivity index (χ1) is 14.5. The molecule has 8 heteroatoms. The number of hydrogen-bond donors (Lipinski definition) is 2. The highest BCUT2D eigenvalue weighted by molar-refractivity contribution is 7.18. The molecule has 2 atom stereocenters. The molecule has 3 aromatic rings. The molecule has 1 heterocycles. The Morgan fingerprint density at radius 1 is 1.07 bits per heavy atom. The van der Waals surface area contributed by atoms with E-state index in [4.69, 9.17) is 11.6 Å². The van der Waals surface area contributed by atoms with Crippen molar-refractivity contribution in [1.29, 1.82) is 0 Å². The molecule has 0 bridgehead atoms. The van der Waals surface area contributed by atoms with Crippen molar-refractivity contribution in [2.75, 3.05) is 5.32 Å². The van der Waals surface area contributed by atoms with E-state index in [9.17, 15) is 9.59 Å². The Morgan fingerprint density at radius 2 is 1.77 bits per heavy atom. The lowest BCUT2D eigenvalue weighted by atomic mass is 9.98. The third-order valence-electron chi connectivity index (χ3n) is 4.77. The van der Waals surface area contributed by atoms with Crippen molar-refractivity contribution in [3.05, 3.63) is 65.2 Å². The van der Waals surface area contributed by atoms with E-state index < -0.39 is 6.04 Å². The van der Waals surface area contributed by atoms with Gasteiger partial charge in [0.15, 0.2) is 0 Å². The number of carbonyl (C=O) groups is 2. The van der Waals surface area contributed by atoms with Crippen LogP contribution in [0.4, 0.5) is 5.13 Å². The van der Waals surface area contributed by atoms with Gasteiger partial charge in [0.25, 0.3) is 0 Å². The summed E-state index contributed by atoms with van der Waals surface area (Å²) in [6, 6.07) is 16.0. The average Bonchev–Trinajstić information content (AvgIpc) is 3.21. The first kappa shape index (κ1) is 21.9. The van der Waals surface area contributed by atoms with Crippen molar-refractivity contribution in [3.8, 4) is 10.6 Å². The van der Waals surface area contributed by atoms with Gasteiger partial charge in [-0.15, -0.1) is 10.2 Å². The van der Waals surface area contributed by atoms with E-state index in [0.29, 0.717) is 15.2 Å². The second kappa shape index (κ2) is 10.3. The van der Waals surface area contributed by atoms with Crippen LogP contribution in [0.15, 0.2) is 54.6 Å². The molecular weight excluding hydrogens is 420 g/mol. The van der Waals surface area contributed by atoms with Crippen molar-refractivity contribution in [2.24, 2.45) is 5.92 Å². The predicted octanol–water partition coefficient (Wildman–Crippen LogP) is 4.57. The molecule has 0 saturated carbocycles. The van der Waals surface area contributed by atoms with E-state index in [1.165, 1.54) is 11.3 Å². The number of anilines is 1. The molecule has 0 aliphatic carbocycles. The Hall–Kier alpha value is -2.77. The van der Waals surface area contributed by atoms with Crippen LogP contribution in [0.1, 0.15) is 25.8 Å². The maximum atomic E-state index is 12.9. The van der Waals surface area contributed by atoms with Crippen LogP contribution >= 0.6 is 22.9 Å². The van der Waals surface area contributed by atoms with Crippen LogP contribution in [0.5, 0.6) is 0 Å². The van der Waals surface area contributed by atoms with Gasteiger partial charge >= 0.3 is 0 Å². The summed E-state index contributed by atoms with van der Waals surface area (Å²) in [4.78, 5) is 25.4. The lowest BCUT2D eigenvalue weighted by Crippen LogP contribution is -2.48. The maximum Gasteiger partial charge on any atom is 0.249 e. The lowest BCUT2D eigenvalue weighted by molar-refractivity contribution is -0.127. The van der Waals surface area contributed by atoms with Crippen LogP contribution in [-0.4, -0.2) is 28.1 Å². The average molecular weight is 443 g/mol. The number of nitrogens with one attached hydrogen (secondary N) is 2. The quantitative estimate of drug-likeness (QED) is 0.535. The first-order valence-corrected chi connectivity index (χ1v) is 10.9. The maximum absolute atomic E-state index is 12.9. The zero-order valence-electron chi connectivity index (χ0n) is 16.8. The molecule has 2 aromatic carbocycles. The van der Waals surface area contributed by atoms with Gasteiger partial charge in [0, 0.05) is 10.6 Å². The smallest absolute Gasteiger partial charge is 0.249 e. The highest BCUT2D eigenvalue weighted by Crippen LogP contribution is 2.27. The Bertz CT molecular complexity index is 992. The molecule has 2 unspecified atom stereocenters. The molecular formula is C22H23ClN4O2S. The summed E-state index contributed by atoms with van der Waals surface area (Å²) in [6.07, 6.45) is 0.969. The lowest BCUT2D eigenvalue weighted by Gasteiger charge is -2.23. The number of rotatable bonds is 8. The number of amides is 2. The van der Waals surface area contributed by atoms with Crippen LogP contribution < -0.4 is 10.6 Å². The van der Waals surface area contributed by atoms with Gasteiger partial charge in [-0.25, -0.2) is 0 Å². The molecule has 3 rings (SSSR count). The summed E-state index contributed by atoms with van der Waals surface area (Å²) in [5.41, 5.74) is 1.77. The van der Waals surface area contributed by atoms with E-state index in [0.717, 1.165) is 17.5 Å². The van der Waals surface area contributed by atoms with Gasteiger partial charge in [-0.3, -0.25) is 14.9 Å². The molecule has 0 spiro atoms. The zero-order chi connectivity index (χ0) is 21.5. The normalized spacial score (nSPS) is 12.8. The van der Waals surface area contributed by atoms with Crippen LogP contribution in [0.2, 0.25) is 5.02 Å². The molecule has 30 heavy (non-hydrogen) atoms. The number of benzene rings is 2. The molecule has 2 N–H and O–H groups in total. The topological polar surface area (TPSA) is 84.0 Å². The fraction of sp³-hybridized carbons (Fsp3) is 0.273. The Kier molecular flexibility index (Phi) is 7.54. The molecule has 1 aromatic heterocycles. The monoisotopic (exact) mass is 442 g/mol.